The summed E-state index contributed by atoms with van der Waals surface area (Å²) in [7, 11) is 3.12. The lowest BCUT2D eigenvalue weighted by Gasteiger charge is -2.50. The minimum Gasteiger partial charge on any atom is -0.508 e. The van der Waals surface area contributed by atoms with Crippen molar-refractivity contribution in [2.75, 3.05) is 27.2 Å². The van der Waals surface area contributed by atoms with E-state index in [1.807, 2.05) is 6.92 Å². The van der Waals surface area contributed by atoms with E-state index in [1.165, 1.54) is 11.0 Å². The number of fused-ring (bicyclic) bond motifs is 3. The molecule has 0 aromatic heterocycles. The van der Waals surface area contributed by atoms with Crippen molar-refractivity contribution in [1.29, 1.82) is 0 Å². The molecule has 0 saturated heterocycles. The number of ketones is 2. The minimum atomic E-state index is -2.67. The number of nitrogens with two attached hydrogens (primary N) is 1. The second kappa shape index (κ2) is 10.2. The highest BCUT2D eigenvalue weighted by atomic mass is 35.5. The van der Waals surface area contributed by atoms with E-state index < -0.39 is 58.0 Å². The maximum absolute atomic E-state index is 13.9. The van der Waals surface area contributed by atoms with Crippen LogP contribution in [0, 0.1) is 17.3 Å². The number of benzene rings is 1. The maximum atomic E-state index is 13.9. The number of aliphatic hydroxyl groups is 3. The molecule has 0 spiro atoms. The monoisotopic (exact) mass is 575 g/mol. The SMILES string of the molecule is CCN(Cc1cc(O)c2c(c1Cl)C[C@H]1C[C@H]3[C@H](N(C)C)C(=O)C(C(N)=O)=C(O)[C@@]3(O)C(=O)C1=C2O)CC(C)(C)C. The Morgan fingerprint density at radius 1 is 1.20 bits per heavy atom. The summed E-state index contributed by atoms with van der Waals surface area (Å²) in [5.74, 6) is -6.85. The zero-order valence-electron chi connectivity index (χ0n) is 23.7. The summed E-state index contributed by atoms with van der Waals surface area (Å²) in [6.07, 6.45) is 0.165. The quantitative estimate of drug-likeness (QED) is 0.320. The number of aliphatic hydroxyl groups excluding tert-OH is 2. The van der Waals surface area contributed by atoms with Crippen molar-refractivity contribution in [3.63, 3.8) is 0 Å². The van der Waals surface area contributed by atoms with Crippen LogP contribution >= 0.6 is 11.6 Å². The first-order chi connectivity index (χ1) is 18.4. The largest absolute Gasteiger partial charge is 0.508 e. The van der Waals surface area contributed by atoms with Gasteiger partial charge in [-0.05, 0) is 62.0 Å². The lowest BCUT2D eigenvalue weighted by atomic mass is 9.57. The number of Topliss-reactive ketones (excluding diaryl/α,β-unsaturated/α-hetero) is 2. The summed E-state index contributed by atoms with van der Waals surface area (Å²) >= 11 is 6.88. The fraction of sp³-hybridized carbons (Fsp3) is 0.552. The molecular weight excluding hydrogens is 538 g/mol. The van der Waals surface area contributed by atoms with Gasteiger partial charge in [0.15, 0.2) is 11.4 Å². The number of phenolic OH excluding ortho intramolecular Hbond substituents is 1. The van der Waals surface area contributed by atoms with Crippen LogP contribution in [-0.4, -0.2) is 86.5 Å². The molecule has 40 heavy (non-hydrogen) atoms. The Morgan fingerprint density at radius 2 is 1.82 bits per heavy atom. The number of halogens is 1. The van der Waals surface area contributed by atoms with Gasteiger partial charge >= 0.3 is 0 Å². The van der Waals surface area contributed by atoms with Gasteiger partial charge in [0, 0.05) is 29.6 Å². The Balaban J connectivity index is 1.86. The van der Waals surface area contributed by atoms with Gasteiger partial charge < -0.3 is 26.2 Å². The molecule has 1 amide bonds. The van der Waals surface area contributed by atoms with Gasteiger partial charge in [0.05, 0.1) is 11.6 Å². The molecular formula is C29H38ClN3O7. The number of carbonyl (C=O) groups excluding carboxylic acids is 3. The number of aromatic hydroxyl groups is 1. The van der Waals surface area contributed by atoms with Crippen molar-refractivity contribution >= 4 is 34.8 Å². The predicted molar refractivity (Wildman–Crippen MR) is 150 cm³/mol. The molecule has 0 unspecified atom stereocenters. The number of primary amides is 1. The zero-order valence-corrected chi connectivity index (χ0v) is 24.5. The standard InChI is InChI=1S/C29H38ClN3O7/c1-7-33(12-28(2,3)4)11-14-10-17(34)19-15(21(14)30)8-13-9-16-22(32(5)6)24(36)20(27(31)39)26(38)29(16,40)25(37)18(13)23(19)35/h10,13,16,22,34-35,38,40H,7-9,11-12H2,1-6H3,(H2,31,39)/t13-,16-,22-,29-/m0/s1. The fourth-order valence-electron chi connectivity index (χ4n) is 6.65. The first-order valence-corrected chi connectivity index (χ1v) is 13.7. The highest BCUT2D eigenvalue weighted by Crippen LogP contribution is 2.53. The topological polar surface area (TPSA) is 165 Å². The minimum absolute atomic E-state index is 0.0103. The second-order valence-corrected chi connectivity index (χ2v) is 12.9. The lowest BCUT2D eigenvalue weighted by Crippen LogP contribution is -2.65. The Hall–Kier alpha value is -2.92. The molecule has 218 valence electrons. The molecule has 1 fully saturated rings. The highest BCUT2D eigenvalue weighted by Gasteiger charge is 2.64. The van der Waals surface area contributed by atoms with Crippen LogP contribution in [0.2, 0.25) is 5.02 Å². The van der Waals surface area contributed by atoms with Crippen LogP contribution in [0.3, 0.4) is 0 Å². The van der Waals surface area contributed by atoms with Crippen LogP contribution in [0.25, 0.3) is 5.76 Å². The van der Waals surface area contributed by atoms with Crippen LogP contribution in [0.4, 0.5) is 0 Å². The number of hydrogen-bond acceptors (Lipinski definition) is 9. The van der Waals surface area contributed by atoms with Gasteiger partial charge in [0.1, 0.15) is 22.8 Å². The van der Waals surface area contributed by atoms with Crippen molar-refractivity contribution in [3.8, 4) is 5.75 Å². The van der Waals surface area contributed by atoms with E-state index in [2.05, 4.69) is 25.7 Å². The van der Waals surface area contributed by atoms with E-state index in [1.54, 1.807) is 14.1 Å². The van der Waals surface area contributed by atoms with E-state index >= 15 is 0 Å². The van der Waals surface area contributed by atoms with Crippen molar-refractivity contribution in [2.45, 2.75) is 58.7 Å². The van der Waals surface area contributed by atoms with E-state index in [0.717, 1.165) is 13.1 Å². The van der Waals surface area contributed by atoms with Crippen molar-refractivity contribution in [1.82, 2.24) is 9.80 Å². The van der Waals surface area contributed by atoms with E-state index in [9.17, 15) is 34.8 Å². The number of likely N-dealkylation sites (N-methyl/N-ethyl adjacent to an activating group) is 1. The number of hydrogen-bond donors (Lipinski definition) is 5. The van der Waals surface area contributed by atoms with E-state index in [4.69, 9.17) is 17.3 Å². The molecule has 0 bridgehead atoms. The molecule has 4 atom stereocenters. The van der Waals surface area contributed by atoms with Crippen molar-refractivity contribution in [2.24, 2.45) is 23.0 Å². The average Bonchev–Trinajstić information content (AvgIpc) is 2.82. The second-order valence-electron chi connectivity index (χ2n) is 12.5. The lowest BCUT2D eigenvalue weighted by molar-refractivity contribution is -0.153. The first-order valence-electron chi connectivity index (χ1n) is 13.4. The van der Waals surface area contributed by atoms with Crippen molar-refractivity contribution in [3.05, 3.63) is 44.7 Å². The number of amides is 1. The third-order valence-electron chi connectivity index (χ3n) is 8.27. The van der Waals surface area contributed by atoms with Gasteiger partial charge in [0.2, 0.25) is 5.78 Å². The number of carbonyl (C=O) groups is 3. The van der Waals surface area contributed by atoms with Crippen LogP contribution in [0.5, 0.6) is 5.75 Å². The summed E-state index contributed by atoms with van der Waals surface area (Å²) in [4.78, 5) is 42.9. The van der Waals surface area contributed by atoms with E-state index in [0.29, 0.717) is 22.7 Å². The van der Waals surface area contributed by atoms with E-state index in [-0.39, 0.29) is 35.1 Å². The van der Waals surface area contributed by atoms with Crippen LogP contribution < -0.4 is 5.73 Å². The molecule has 0 aliphatic heterocycles. The molecule has 6 N–H and O–H groups in total. The molecule has 1 aromatic carbocycles. The normalized spacial score (nSPS) is 26.8. The Bertz CT molecular complexity index is 1360. The molecule has 0 radical (unpaired) electrons. The molecule has 3 aliphatic rings. The van der Waals surface area contributed by atoms with Gasteiger partial charge in [0.25, 0.3) is 5.91 Å². The first kappa shape index (κ1) is 30.0. The molecule has 3 aliphatic carbocycles. The van der Waals surface area contributed by atoms with Crippen LogP contribution in [0.1, 0.15) is 50.8 Å². The molecule has 10 nitrogen and oxygen atoms in total. The molecule has 11 heteroatoms. The van der Waals surface area contributed by atoms with Crippen molar-refractivity contribution < 1.29 is 34.8 Å². The van der Waals surface area contributed by atoms with Gasteiger partial charge in [-0.15, -0.1) is 0 Å². The molecule has 4 rings (SSSR count). The average molecular weight is 576 g/mol. The Labute approximate surface area is 238 Å². The Kier molecular flexibility index (Phi) is 7.64. The molecule has 1 aromatic rings. The van der Waals surface area contributed by atoms with Gasteiger partial charge in [-0.1, -0.05) is 39.3 Å². The van der Waals surface area contributed by atoms with Crippen LogP contribution in [-0.2, 0) is 27.3 Å². The summed E-state index contributed by atoms with van der Waals surface area (Å²) < 4.78 is 0. The van der Waals surface area contributed by atoms with Crippen LogP contribution in [0.15, 0.2) is 23.0 Å². The Morgan fingerprint density at radius 3 is 2.35 bits per heavy atom. The summed E-state index contributed by atoms with van der Waals surface area (Å²) in [6.45, 7) is 10.4. The zero-order chi connectivity index (χ0) is 30.1. The van der Waals surface area contributed by atoms with Gasteiger partial charge in [-0.2, -0.15) is 0 Å². The summed E-state index contributed by atoms with van der Waals surface area (Å²) in [6, 6.07) is 0.335. The highest BCUT2D eigenvalue weighted by molar-refractivity contribution is 6.32. The smallest absolute Gasteiger partial charge is 0.255 e. The fourth-order valence-corrected chi connectivity index (χ4v) is 6.94. The summed E-state index contributed by atoms with van der Waals surface area (Å²) in [5, 5.41) is 45.3. The third-order valence-corrected chi connectivity index (χ3v) is 8.74. The number of rotatable bonds is 6. The molecule has 1 saturated carbocycles. The number of phenols is 1. The summed E-state index contributed by atoms with van der Waals surface area (Å²) in [5.41, 5.74) is 2.81. The predicted octanol–water partition coefficient (Wildman–Crippen LogP) is 2.49. The van der Waals surface area contributed by atoms with Gasteiger partial charge in [-0.3, -0.25) is 24.2 Å². The maximum Gasteiger partial charge on any atom is 0.255 e. The number of nitrogens with zero attached hydrogens (tertiary/aromatic N) is 2. The van der Waals surface area contributed by atoms with Gasteiger partial charge in [-0.25, -0.2) is 0 Å². The third kappa shape index (κ3) is 4.60. The molecule has 0 heterocycles.